The van der Waals surface area contributed by atoms with E-state index in [0.717, 1.165) is 89.4 Å². The average Bonchev–Trinajstić information content (AvgIpc) is 4.10. The predicted molar refractivity (Wildman–Crippen MR) is 230 cm³/mol. The second-order valence-corrected chi connectivity index (χ2v) is 14.7. The summed E-state index contributed by atoms with van der Waals surface area (Å²) >= 11 is 0. The molecule has 0 saturated heterocycles. The molecule has 2 aliphatic heterocycles. The fraction of sp³-hybridized carbons (Fsp3) is 0.167. The Bertz CT molecular complexity index is 2580. The SMILES string of the molecule is OCC[n+]1cccc(-c2c3nc(c(-c4ccc[n+](CCO)c4)c4ccc([nH]4)c(-c4ccc[n+](CCO)c4)c4nc(c(-c5ccc[n+](CCO)c5)c5ccc2[nH]5)C=C4)C=C3)c1. The zero-order valence-electron chi connectivity index (χ0n) is 33.0. The Morgan fingerprint density at radius 3 is 0.850 bits per heavy atom. The highest BCUT2D eigenvalue weighted by molar-refractivity contribution is 5.99. The normalized spacial score (nSPS) is 12.1. The van der Waals surface area contributed by atoms with Gasteiger partial charge in [0.1, 0.15) is 26.4 Å². The lowest BCUT2D eigenvalue weighted by atomic mass is 10.1. The Morgan fingerprint density at radius 1 is 0.367 bits per heavy atom. The van der Waals surface area contributed by atoms with Crippen LogP contribution in [0.3, 0.4) is 0 Å². The molecule has 0 amide bonds. The van der Waals surface area contributed by atoms with Crippen molar-refractivity contribution in [2.24, 2.45) is 0 Å². The Balaban J connectivity index is 1.44. The second-order valence-electron chi connectivity index (χ2n) is 14.7. The Labute approximate surface area is 346 Å². The molecular formula is C48H46N8O4+4. The van der Waals surface area contributed by atoms with Gasteiger partial charge in [0.25, 0.3) is 0 Å². The predicted octanol–water partition coefficient (Wildman–Crippen LogP) is 4.44. The van der Waals surface area contributed by atoms with E-state index in [1.54, 1.807) is 0 Å². The summed E-state index contributed by atoms with van der Waals surface area (Å²) in [6.07, 6.45) is 24.1. The molecule has 8 bridgehead atoms. The fourth-order valence-corrected chi connectivity index (χ4v) is 8.12. The van der Waals surface area contributed by atoms with Gasteiger partial charge in [-0.3, -0.25) is 0 Å². The van der Waals surface area contributed by atoms with Crippen LogP contribution in [0.15, 0.2) is 122 Å². The van der Waals surface area contributed by atoms with E-state index in [4.69, 9.17) is 9.97 Å². The number of aromatic nitrogens is 8. The van der Waals surface area contributed by atoms with Gasteiger partial charge in [0.15, 0.2) is 75.8 Å². The first-order valence-electron chi connectivity index (χ1n) is 20.1. The van der Waals surface area contributed by atoms with E-state index >= 15 is 0 Å². The minimum absolute atomic E-state index is 0.00504. The number of aromatic amines is 2. The van der Waals surface area contributed by atoms with Crippen LogP contribution in [0.4, 0.5) is 0 Å². The third-order valence-corrected chi connectivity index (χ3v) is 10.8. The van der Waals surface area contributed by atoms with Crippen molar-refractivity contribution in [2.75, 3.05) is 26.4 Å². The summed E-state index contributed by atoms with van der Waals surface area (Å²) in [7, 11) is 0. The quantitative estimate of drug-likeness (QED) is 0.101. The molecule has 0 aliphatic carbocycles. The topological polar surface area (TPSA) is 154 Å². The van der Waals surface area contributed by atoms with Gasteiger partial charge in [-0.05, 0) is 72.8 Å². The number of nitrogens with zero attached hydrogens (tertiary/aromatic N) is 6. The molecule has 298 valence electrons. The molecule has 0 atom stereocenters. The van der Waals surface area contributed by atoms with Gasteiger partial charge >= 0.3 is 0 Å². The number of H-pyrrole nitrogens is 2. The molecule has 0 saturated carbocycles. The van der Waals surface area contributed by atoms with Crippen molar-refractivity contribution in [2.45, 2.75) is 26.2 Å². The number of nitrogens with one attached hydrogen (secondary N) is 2. The van der Waals surface area contributed by atoms with Crippen LogP contribution in [0.2, 0.25) is 0 Å². The summed E-state index contributed by atoms with van der Waals surface area (Å²) in [6, 6.07) is 24.5. The van der Waals surface area contributed by atoms with Crippen LogP contribution < -0.4 is 18.3 Å². The van der Waals surface area contributed by atoms with Gasteiger partial charge in [0.2, 0.25) is 0 Å². The number of pyridine rings is 4. The molecule has 7 aromatic heterocycles. The van der Waals surface area contributed by atoms with Crippen LogP contribution in [0.5, 0.6) is 0 Å². The van der Waals surface area contributed by atoms with Crippen molar-refractivity contribution < 1.29 is 38.7 Å². The first-order chi connectivity index (χ1) is 29.5. The minimum atomic E-state index is 0.00504. The molecule has 2 aliphatic rings. The summed E-state index contributed by atoms with van der Waals surface area (Å²) in [5.41, 5.74) is 13.7. The fourth-order valence-electron chi connectivity index (χ4n) is 8.12. The second kappa shape index (κ2) is 17.1. The van der Waals surface area contributed by atoms with E-state index < -0.39 is 0 Å². The highest BCUT2D eigenvalue weighted by atomic mass is 16.3. The minimum Gasteiger partial charge on any atom is -0.390 e. The Morgan fingerprint density at radius 2 is 0.617 bits per heavy atom. The smallest absolute Gasteiger partial charge is 0.176 e. The van der Waals surface area contributed by atoms with E-state index in [-0.39, 0.29) is 26.4 Å². The van der Waals surface area contributed by atoms with Crippen LogP contribution in [0.1, 0.15) is 22.8 Å². The summed E-state index contributed by atoms with van der Waals surface area (Å²) in [5.74, 6) is 0. The highest BCUT2D eigenvalue weighted by Gasteiger charge is 2.22. The largest absolute Gasteiger partial charge is 0.390 e. The molecule has 0 fully saturated rings. The Hall–Kier alpha value is -6.96. The number of rotatable bonds is 12. The molecule has 7 aromatic rings. The van der Waals surface area contributed by atoms with Crippen molar-refractivity contribution >= 4 is 46.4 Å². The van der Waals surface area contributed by atoms with E-state index in [1.165, 1.54) is 0 Å². The monoisotopic (exact) mass is 798 g/mol. The summed E-state index contributed by atoms with van der Waals surface area (Å²) in [5, 5.41) is 39.4. The first-order valence-corrected chi connectivity index (χ1v) is 20.1. The van der Waals surface area contributed by atoms with Crippen LogP contribution in [-0.4, -0.2) is 66.8 Å². The van der Waals surface area contributed by atoms with E-state index in [0.29, 0.717) is 26.2 Å². The third kappa shape index (κ3) is 7.68. The zero-order chi connectivity index (χ0) is 41.0. The van der Waals surface area contributed by atoms with Crippen LogP contribution >= 0.6 is 0 Å². The molecule has 12 heteroatoms. The molecule has 60 heavy (non-hydrogen) atoms. The standard InChI is InChI=1S/C48H46N8O4/c57-25-21-53-17-1-5-33(29-53)45-37-9-11-39(49-37)46(34-6-2-18-54(30-34)22-26-58)41-13-15-43(51-41)48(36-8-4-20-56(32-36)24-28-60)44-16-14-42(52-44)47(40-12-10-38(45)50-40)35-7-3-19-55(31-35)23-27-59/h1-20,29-32,49,52,57-60H,21-28H2/q+4. The number of aliphatic hydroxyl groups is 4. The molecule has 6 N–H and O–H groups in total. The van der Waals surface area contributed by atoms with Gasteiger partial charge in [-0.15, -0.1) is 0 Å². The average molecular weight is 799 g/mol. The highest BCUT2D eigenvalue weighted by Crippen LogP contribution is 2.37. The molecule has 9 rings (SSSR count). The summed E-state index contributed by atoms with van der Waals surface area (Å²) < 4.78 is 7.89. The van der Waals surface area contributed by atoms with Gasteiger partial charge in [-0.1, -0.05) is 0 Å². The van der Waals surface area contributed by atoms with Crippen molar-refractivity contribution in [3.05, 3.63) is 145 Å². The Kier molecular flexibility index (Phi) is 11.0. The molecule has 0 radical (unpaired) electrons. The van der Waals surface area contributed by atoms with Crippen molar-refractivity contribution in [3.63, 3.8) is 0 Å². The maximum absolute atomic E-state index is 9.85. The zero-order valence-corrected chi connectivity index (χ0v) is 33.0. The van der Waals surface area contributed by atoms with Crippen LogP contribution in [0, 0.1) is 0 Å². The number of hydrogen-bond acceptors (Lipinski definition) is 6. The maximum atomic E-state index is 9.85. The lowest BCUT2D eigenvalue weighted by Crippen LogP contribution is -2.34. The van der Waals surface area contributed by atoms with Crippen molar-refractivity contribution in [1.82, 2.24) is 19.9 Å². The maximum Gasteiger partial charge on any atom is 0.176 e. The van der Waals surface area contributed by atoms with E-state index in [1.807, 2.05) is 116 Å². The van der Waals surface area contributed by atoms with Crippen LogP contribution in [0.25, 0.3) is 90.9 Å². The van der Waals surface area contributed by atoms with Gasteiger partial charge in [-0.2, -0.15) is 0 Å². The van der Waals surface area contributed by atoms with E-state index in [2.05, 4.69) is 58.5 Å². The molecule has 0 unspecified atom stereocenters. The third-order valence-electron chi connectivity index (χ3n) is 10.8. The van der Waals surface area contributed by atoms with Gasteiger partial charge in [0.05, 0.1) is 22.8 Å². The number of hydrogen-bond donors (Lipinski definition) is 6. The van der Waals surface area contributed by atoms with Crippen molar-refractivity contribution in [3.8, 4) is 44.5 Å². The summed E-state index contributed by atoms with van der Waals surface area (Å²) in [6.45, 7) is 1.80. The molecule has 9 heterocycles. The van der Waals surface area contributed by atoms with E-state index in [9.17, 15) is 20.4 Å². The van der Waals surface area contributed by atoms with Crippen LogP contribution in [-0.2, 0) is 26.2 Å². The lowest BCUT2D eigenvalue weighted by Gasteiger charge is -2.06. The lowest BCUT2D eigenvalue weighted by molar-refractivity contribution is -0.697. The molecule has 0 aromatic carbocycles. The van der Waals surface area contributed by atoms with Gasteiger partial charge < -0.3 is 30.4 Å². The molecule has 12 nitrogen and oxygen atoms in total. The summed E-state index contributed by atoms with van der Waals surface area (Å²) in [4.78, 5) is 18.3. The number of fused-ring (bicyclic) bond motifs is 8. The molecule has 0 spiro atoms. The van der Waals surface area contributed by atoms with Gasteiger partial charge in [0, 0.05) is 90.8 Å². The van der Waals surface area contributed by atoms with Gasteiger partial charge in [-0.25, -0.2) is 28.2 Å². The number of aliphatic hydroxyl groups excluding tert-OH is 4. The molecular weight excluding hydrogens is 753 g/mol. The first kappa shape index (κ1) is 38.6. The van der Waals surface area contributed by atoms with Crippen molar-refractivity contribution in [1.29, 1.82) is 0 Å².